The molecular weight excluding hydrogens is 447 g/mol. The van der Waals surface area contributed by atoms with Crippen LogP contribution in [0.25, 0.3) is 0 Å². The van der Waals surface area contributed by atoms with Gasteiger partial charge in [-0.05, 0) is 62.2 Å². The molecule has 1 unspecified atom stereocenters. The number of benzene rings is 1. The van der Waals surface area contributed by atoms with Crippen molar-refractivity contribution in [3.63, 3.8) is 0 Å². The van der Waals surface area contributed by atoms with E-state index in [-0.39, 0.29) is 29.4 Å². The second kappa shape index (κ2) is 9.24. The van der Waals surface area contributed by atoms with E-state index in [0.29, 0.717) is 18.8 Å². The number of ether oxygens (including phenoxy) is 2. The average molecular weight is 472 g/mol. The van der Waals surface area contributed by atoms with Gasteiger partial charge >= 0.3 is 6.18 Å². The minimum Gasteiger partial charge on any atom is -0.486 e. The molecule has 2 aromatic rings. The zero-order chi connectivity index (χ0) is 22.8. The number of hydrogen-bond acceptors (Lipinski definition) is 6. The lowest BCUT2D eigenvalue weighted by molar-refractivity contribution is -0.137. The first-order valence-corrected chi connectivity index (χ1v) is 11.8. The van der Waals surface area contributed by atoms with Gasteiger partial charge in [-0.15, -0.1) is 0 Å². The molecule has 0 bridgehead atoms. The molecule has 1 atom stereocenters. The van der Waals surface area contributed by atoms with Gasteiger partial charge < -0.3 is 9.47 Å². The molecule has 1 saturated heterocycles. The normalized spacial score (nSPS) is 20.3. The summed E-state index contributed by atoms with van der Waals surface area (Å²) in [5.74, 6) is 0.617. The minimum atomic E-state index is -4.44. The quantitative estimate of drug-likeness (QED) is 0.698. The molecule has 1 aromatic heterocycles. The lowest BCUT2D eigenvalue weighted by Crippen LogP contribution is -2.45. The number of fused-ring (bicyclic) bond motifs is 1. The predicted octanol–water partition coefficient (Wildman–Crippen LogP) is 2.93. The van der Waals surface area contributed by atoms with Crippen molar-refractivity contribution >= 4 is 10.0 Å². The molecule has 1 fully saturated rings. The van der Waals surface area contributed by atoms with E-state index in [1.807, 2.05) is 0 Å². The fourth-order valence-corrected chi connectivity index (χ4v) is 4.91. The van der Waals surface area contributed by atoms with Gasteiger partial charge in [0, 0.05) is 19.3 Å². The third kappa shape index (κ3) is 5.51. The summed E-state index contributed by atoms with van der Waals surface area (Å²) in [6.07, 6.45) is -1.77. The first kappa shape index (κ1) is 22.8. The number of likely N-dealkylation sites (tertiary alicyclic amines) is 1. The van der Waals surface area contributed by atoms with Crippen LogP contribution >= 0.6 is 0 Å². The highest BCUT2D eigenvalue weighted by Gasteiger charge is 2.33. The van der Waals surface area contributed by atoms with Crippen molar-refractivity contribution in [1.82, 2.24) is 14.6 Å². The van der Waals surface area contributed by atoms with Gasteiger partial charge in [0.15, 0.2) is 16.5 Å². The zero-order valence-electron chi connectivity index (χ0n) is 17.2. The van der Waals surface area contributed by atoms with Crippen molar-refractivity contribution in [3.8, 4) is 11.5 Å². The molecule has 0 aliphatic carbocycles. The number of halogens is 3. The number of rotatable bonds is 6. The van der Waals surface area contributed by atoms with Crippen LogP contribution in [0, 0.1) is 5.92 Å². The topological polar surface area (TPSA) is 80.8 Å². The summed E-state index contributed by atoms with van der Waals surface area (Å²) in [5, 5.41) is 0.000782. The smallest absolute Gasteiger partial charge is 0.416 e. The lowest BCUT2D eigenvalue weighted by atomic mass is 9.97. The molecule has 174 valence electrons. The maximum atomic E-state index is 12.9. The zero-order valence-corrected chi connectivity index (χ0v) is 18.0. The van der Waals surface area contributed by atoms with Crippen LogP contribution in [-0.2, 0) is 16.2 Å². The summed E-state index contributed by atoms with van der Waals surface area (Å²) in [7, 11) is -3.63. The van der Waals surface area contributed by atoms with Crippen LogP contribution in [0.4, 0.5) is 13.2 Å². The Morgan fingerprint density at radius 3 is 2.59 bits per heavy atom. The monoisotopic (exact) mass is 471 g/mol. The Morgan fingerprint density at radius 2 is 1.91 bits per heavy atom. The van der Waals surface area contributed by atoms with Crippen LogP contribution in [0.5, 0.6) is 11.5 Å². The van der Waals surface area contributed by atoms with Gasteiger partial charge in [-0.25, -0.2) is 18.1 Å². The van der Waals surface area contributed by atoms with Crippen molar-refractivity contribution in [2.75, 3.05) is 32.8 Å². The van der Waals surface area contributed by atoms with Crippen molar-refractivity contribution in [2.45, 2.75) is 30.1 Å². The van der Waals surface area contributed by atoms with Crippen LogP contribution in [0.3, 0.4) is 0 Å². The van der Waals surface area contributed by atoms with Crippen molar-refractivity contribution < 1.29 is 31.1 Å². The van der Waals surface area contributed by atoms with Gasteiger partial charge in [0.2, 0.25) is 0 Å². The van der Waals surface area contributed by atoms with Crippen molar-refractivity contribution in [3.05, 3.63) is 48.2 Å². The van der Waals surface area contributed by atoms with Gasteiger partial charge in [-0.1, -0.05) is 6.07 Å². The van der Waals surface area contributed by atoms with Crippen LogP contribution in [0.1, 0.15) is 18.4 Å². The largest absolute Gasteiger partial charge is 0.486 e. The van der Waals surface area contributed by atoms with Gasteiger partial charge in [-0.3, -0.25) is 4.90 Å². The highest BCUT2D eigenvalue weighted by atomic mass is 32.2. The fourth-order valence-electron chi connectivity index (χ4n) is 3.85. The Hall–Kier alpha value is -2.37. The van der Waals surface area contributed by atoms with Crippen LogP contribution in [0.2, 0.25) is 0 Å². The number of aromatic nitrogens is 1. The first-order valence-electron chi connectivity index (χ1n) is 10.3. The fraction of sp³-hybridized carbons (Fsp3) is 0.476. The molecule has 32 heavy (non-hydrogen) atoms. The predicted molar refractivity (Wildman–Crippen MR) is 110 cm³/mol. The molecule has 2 aliphatic rings. The van der Waals surface area contributed by atoms with Crippen molar-refractivity contribution in [2.24, 2.45) is 5.92 Å². The number of nitrogens with zero attached hydrogens (tertiary/aromatic N) is 2. The Labute approximate surface area is 184 Å². The molecule has 1 N–H and O–H groups in total. The molecule has 4 rings (SSSR count). The molecule has 0 spiro atoms. The highest BCUT2D eigenvalue weighted by molar-refractivity contribution is 7.89. The molecular formula is C21H24F3N3O4S. The number of piperidine rings is 1. The molecule has 0 amide bonds. The van der Waals surface area contributed by atoms with Gasteiger partial charge in [0.05, 0.1) is 5.56 Å². The minimum absolute atomic E-state index is 0.000782. The summed E-state index contributed by atoms with van der Waals surface area (Å²) in [6.45, 7) is 2.62. The Morgan fingerprint density at radius 1 is 1.12 bits per heavy atom. The Kier molecular flexibility index (Phi) is 6.59. The lowest BCUT2D eigenvalue weighted by Gasteiger charge is -2.35. The van der Waals surface area contributed by atoms with E-state index in [2.05, 4.69) is 14.6 Å². The van der Waals surface area contributed by atoms with Crippen LogP contribution in [-0.4, -0.2) is 57.2 Å². The Balaban J connectivity index is 1.25. The summed E-state index contributed by atoms with van der Waals surface area (Å²) in [4.78, 5) is 6.04. The molecule has 3 heterocycles. The Bertz CT molecular complexity index is 1030. The number of nitrogens with one attached hydrogen (secondary N) is 1. The molecule has 7 nitrogen and oxygen atoms in total. The summed E-state index contributed by atoms with van der Waals surface area (Å²) in [5.41, 5.74) is -0.769. The molecule has 0 radical (unpaired) electrons. The summed E-state index contributed by atoms with van der Waals surface area (Å²) < 4.78 is 77.4. The summed E-state index contributed by atoms with van der Waals surface area (Å²) >= 11 is 0. The van der Waals surface area contributed by atoms with Gasteiger partial charge in [-0.2, -0.15) is 13.2 Å². The van der Waals surface area contributed by atoms with Crippen molar-refractivity contribution in [1.29, 1.82) is 0 Å². The SMILES string of the molecule is O=S(=O)(NCC1CCN(CC2COc3ccc(C(F)(F)F)cc3O2)CC1)c1ccccn1. The third-order valence-electron chi connectivity index (χ3n) is 5.63. The third-order valence-corrected chi connectivity index (χ3v) is 6.97. The molecule has 11 heteroatoms. The van der Waals surface area contributed by atoms with Crippen LogP contribution < -0.4 is 14.2 Å². The van der Waals surface area contributed by atoms with E-state index in [1.165, 1.54) is 18.3 Å². The first-order chi connectivity index (χ1) is 15.2. The maximum Gasteiger partial charge on any atom is 0.416 e. The second-order valence-corrected chi connectivity index (χ2v) is 9.69. The molecule has 1 aromatic carbocycles. The maximum absolute atomic E-state index is 12.9. The van der Waals surface area contributed by atoms with E-state index < -0.39 is 21.8 Å². The second-order valence-electron chi connectivity index (χ2n) is 7.97. The van der Waals surface area contributed by atoms with Gasteiger partial charge in [0.25, 0.3) is 10.0 Å². The van der Waals surface area contributed by atoms with E-state index in [9.17, 15) is 21.6 Å². The van der Waals surface area contributed by atoms with E-state index in [4.69, 9.17) is 9.47 Å². The summed E-state index contributed by atoms with van der Waals surface area (Å²) in [6, 6.07) is 7.97. The number of alkyl halides is 3. The molecule has 0 saturated carbocycles. The average Bonchev–Trinajstić information content (AvgIpc) is 2.78. The highest BCUT2D eigenvalue weighted by Crippen LogP contribution is 2.38. The number of pyridine rings is 1. The molecule has 2 aliphatic heterocycles. The number of sulfonamides is 1. The standard InChI is InChI=1S/C21H24F3N3O4S/c22-21(23,24)16-4-5-18-19(11-16)31-17(14-30-18)13-27-9-6-15(7-10-27)12-26-32(28,29)20-3-1-2-8-25-20/h1-5,8,11,15,17,26H,6-7,9-10,12-14H2. The number of hydrogen-bond donors (Lipinski definition) is 1. The van der Waals surface area contributed by atoms with Crippen LogP contribution in [0.15, 0.2) is 47.6 Å². The van der Waals surface area contributed by atoms with E-state index in [0.717, 1.165) is 38.1 Å². The van der Waals surface area contributed by atoms with Gasteiger partial charge in [0.1, 0.15) is 12.7 Å². The van der Waals surface area contributed by atoms with E-state index >= 15 is 0 Å². The van der Waals surface area contributed by atoms with E-state index in [1.54, 1.807) is 12.1 Å².